The average molecular weight is 156 g/mol. The Morgan fingerprint density at radius 2 is 2.09 bits per heavy atom. The third kappa shape index (κ3) is 3.78. The summed E-state index contributed by atoms with van der Waals surface area (Å²) in [7, 11) is 5.51. The molecule has 11 heavy (non-hydrogen) atoms. The van der Waals surface area contributed by atoms with Crippen molar-refractivity contribution in [1.29, 1.82) is 0 Å². The van der Waals surface area contributed by atoms with Crippen molar-refractivity contribution < 1.29 is 4.79 Å². The van der Waals surface area contributed by atoms with E-state index in [1.807, 2.05) is 32.0 Å². The van der Waals surface area contributed by atoms with Gasteiger partial charge in [0.25, 0.3) is 0 Å². The van der Waals surface area contributed by atoms with Crippen LogP contribution in [0, 0.1) is 0 Å². The van der Waals surface area contributed by atoms with E-state index >= 15 is 0 Å². The molecule has 0 unspecified atom stereocenters. The Morgan fingerprint density at radius 1 is 1.55 bits per heavy atom. The highest BCUT2D eigenvalue weighted by Crippen LogP contribution is 1.95. The topological polar surface area (TPSA) is 32.3 Å². The fourth-order valence-corrected chi connectivity index (χ4v) is 0.795. The highest BCUT2D eigenvalue weighted by molar-refractivity contribution is 5.93. The van der Waals surface area contributed by atoms with E-state index < -0.39 is 0 Å². The lowest BCUT2D eigenvalue weighted by molar-refractivity contribution is -0.117. The van der Waals surface area contributed by atoms with E-state index in [1.165, 1.54) is 0 Å². The maximum absolute atomic E-state index is 11.1. The zero-order chi connectivity index (χ0) is 8.85. The number of likely N-dealkylation sites (N-methyl/N-ethyl adjacent to an activating group) is 2. The molecule has 3 nitrogen and oxygen atoms in total. The number of carbonyl (C=O) groups excluding carboxylic acids is 1. The van der Waals surface area contributed by atoms with Crippen molar-refractivity contribution in [3.63, 3.8) is 0 Å². The monoisotopic (exact) mass is 156 g/mol. The van der Waals surface area contributed by atoms with E-state index in [1.54, 1.807) is 7.05 Å². The largest absolute Gasteiger partial charge is 0.355 e. The van der Waals surface area contributed by atoms with E-state index in [-0.39, 0.29) is 5.91 Å². The van der Waals surface area contributed by atoms with E-state index in [2.05, 4.69) is 5.32 Å². The number of amides is 1. The van der Waals surface area contributed by atoms with Crippen LogP contribution in [0.4, 0.5) is 0 Å². The SMILES string of the molecule is C/C=C(/CN(C)C)C(=O)NC. The first-order valence-corrected chi connectivity index (χ1v) is 3.63. The molecule has 0 aromatic carbocycles. The second-order valence-electron chi connectivity index (χ2n) is 2.63. The molecule has 0 rings (SSSR count). The van der Waals surface area contributed by atoms with Gasteiger partial charge in [-0.25, -0.2) is 0 Å². The summed E-state index contributed by atoms with van der Waals surface area (Å²) in [5.41, 5.74) is 0.803. The molecule has 3 heteroatoms. The summed E-state index contributed by atoms with van der Waals surface area (Å²) < 4.78 is 0. The molecule has 0 saturated carbocycles. The number of nitrogens with zero attached hydrogens (tertiary/aromatic N) is 1. The predicted molar refractivity (Wildman–Crippen MR) is 46.4 cm³/mol. The second-order valence-corrected chi connectivity index (χ2v) is 2.63. The molecular weight excluding hydrogens is 140 g/mol. The van der Waals surface area contributed by atoms with Crippen LogP contribution in [-0.4, -0.2) is 38.5 Å². The normalized spacial score (nSPS) is 11.9. The van der Waals surface area contributed by atoms with Crippen LogP contribution in [-0.2, 0) is 4.79 Å². The minimum absolute atomic E-state index is 0.00111. The van der Waals surface area contributed by atoms with Gasteiger partial charge in [0.2, 0.25) is 5.91 Å². The van der Waals surface area contributed by atoms with Crippen LogP contribution in [0.2, 0.25) is 0 Å². The Morgan fingerprint density at radius 3 is 2.36 bits per heavy atom. The van der Waals surface area contributed by atoms with Crippen molar-refractivity contribution in [1.82, 2.24) is 10.2 Å². The molecule has 64 valence electrons. The van der Waals surface area contributed by atoms with Crippen LogP contribution in [0.5, 0.6) is 0 Å². The van der Waals surface area contributed by atoms with Gasteiger partial charge >= 0.3 is 0 Å². The van der Waals surface area contributed by atoms with Crippen LogP contribution in [0.1, 0.15) is 6.92 Å². The molecule has 0 heterocycles. The summed E-state index contributed by atoms with van der Waals surface area (Å²) in [5, 5.41) is 2.59. The quantitative estimate of drug-likeness (QED) is 0.594. The molecule has 0 aliphatic heterocycles. The third-order valence-corrected chi connectivity index (χ3v) is 1.35. The maximum atomic E-state index is 11.1. The van der Waals surface area contributed by atoms with Crippen LogP contribution in [0.25, 0.3) is 0 Å². The van der Waals surface area contributed by atoms with E-state index in [0.29, 0.717) is 6.54 Å². The van der Waals surface area contributed by atoms with Crippen molar-refractivity contribution >= 4 is 5.91 Å². The number of hydrogen-bond donors (Lipinski definition) is 1. The molecule has 0 bridgehead atoms. The smallest absolute Gasteiger partial charge is 0.247 e. The number of rotatable bonds is 3. The molecule has 0 saturated heterocycles. The number of nitrogens with one attached hydrogen (secondary N) is 1. The van der Waals surface area contributed by atoms with Crippen molar-refractivity contribution in [3.8, 4) is 0 Å². The standard InChI is InChI=1S/C8H16N2O/c1-5-7(6-10(3)4)8(11)9-2/h5H,6H2,1-4H3,(H,9,11)/b7-5-. The van der Waals surface area contributed by atoms with Gasteiger partial charge < -0.3 is 10.2 Å². The fourth-order valence-electron chi connectivity index (χ4n) is 0.795. The van der Waals surface area contributed by atoms with Crippen molar-refractivity contribution in [2.45, 2.75) is 6.92 Å². The third-order valence-electron chi connectivity index (χ3n) is 1.35. The highest BCUT2D eigenvalue weighted by atomic mass is 16.1. The van der Waals surface area contributed by atoms with Crippen molar-refractivity contribution in [2.75, 3.05) is 27.7 Å². The zero-order valence-corrected chi connectivity index (χ0v) is 7.64. The molecule has 1 N–H and O–H groups in total. The number of hydrogen-bond acceptors (Lipinski definition) is 2. The van der Waals surface area contributed by atoms with Gasteiger partial charge in [0, 0.05) is 19.2 Å². The summed E-state index contributed by atoms with van der Waals surface area (Å²) in [6.45, 7) is 2.56. The van der Waals surface area contributed by atoms with Gasteiger partial charge in [0.1, 0.15) is 0 Å². The van der Waals surface area contributed by atoms with Gasteiger partial charge in [-0.3, -0.25) is 4.79 Å². The Hall–Kier alpha value is -0.830. The highest BCUT2D eigenvalue weighted by Gasteiger charge is 2.05. The minimum atomic E-state index is 0.00111. The molecule has 0 aliphatic rings. The molecule has 0 aromatic heterocycles. The summed E-state index contributed by atoms with van der Waals surface area (Å²) >= 11 is 0. The summed E-state index contributed by atoms with van der Waals surface area (Å²) in [6, 6.07) is 0. The summed E-state index contributed by atoms with van der Waals surface area (Å²) in [4.78, 5) is 13.0. The first-order valence-electron chi connectivity index (χ1n) is 3.63. The Labute approximate surface area is 68.1 Å². The van der Waals surface area contributed by atoms with E-state index in [4.69, 9.17) is 0 Å². The number of carbonyl (C=O) groups is 1. The lowest BCUT2D eigenvalue weighted by atomic mass is 10.2. The minimum Gasteiger partial charge on any atom is -0.355 e. The van der Waals surface area contributed by atoms with Crippen molar-refractivity contribution in [3.05, 3.63) is 11.6 Å². The summed E-state index contributed by atoms with van der Waals surface area (Å²) in [6.07, 6.45) is 1.83. The van der Waals surface area contributed by atoms with Gasteiger partial charge in [0.05, 0.1) is 0 Å². The lowest BCUT2D eigenvalue weighted by Gasteiger charge is -2.11. The Balaban J connectivity index is 4.09. The molecule has 0 atom stereocenters. The average Bonchev–Trinajstić information content (AvgIpc) is 1.98. The zero-order valence-electron chi connectivity index (χ0n) is 7.64. The van der Waals surface area contributed by atoms with E-state index in [9.17, 15) is 4.79 Å². The first-order chi connectivity index (χ1) is 5.11. The first kappa shape index (κ1) is 10.2. The van der Waals surface area contributed by atoms with E-state index in [0.717, 1.165) is 5.57 Å². The Kier molecular flexibility index (Phi) is 4.54. The van der Waals surface area contributed by atoms with Crippen LogP contribution in [0.15, 0.2) is 11.6 Å². The summed E-state index contributed by atoms with van der Waals surface area (Å²) in [5.74, 6) is 0.00111. The van der Waals surface area contributed by atoms with Gasteiger partial charge in [-0.05, 0) is 21.0 Å². The predicted octanol–water partition coefficient (Wildman–Crippen LogP) is 0.240. The Bertz CT molecular complexity index is 161. The number of allylic oxidation sites excluding steroid dienone is 1. The molecule has 0 spiro atoms. The molecule has 0 aromatic rings. The van der Waals surface area contributed by atoms with Gasteiger partial charge in [-0.1, -0.05) is 6.08 Å². The molecule has 0 aliphatic carbocycles. The fraction of sp³-hybridized carbons (Fsp3) is 0.625. The molecular formula is C8H16N2O. The van der Waals surface area contributed by atoms with Gasteiger partial charge in [-0.15, -0.1) is 0 Å². The van der Waals surface area contributed by atoms with Crippen molar-refractivity contribution in [2.24, 2.45) is 0 Å². The molecule has 1 amide bonds. The second kappa shape index (κ2) is 4.91. The van der Waals surface area contributed by atoms with Crippen LogP contribution >= 0.6 is 0 Å². The van der Waals surface area contributed by atoms with Gasteiger partial charge in [-0.2, -0.15) is 0 Å². The van der Waals surface area contributed by atoms with Crippen LogP contribution < -0.4 is 5.32 Å². The van der Waals surface area contributed by atoms with Crippen LogP contribution in [0.3, 0.4) is 0 Å². The van der Waals surface area contributed by atoms with Gasteiger partial charge in [0.15, 0.2) is 0 Å². The maximum Gasteiger partial charge on any atom is 0.247 e. The molecule has 0 radical (unpaired) electrons. The molecule has 0 fully saturated rings. The lowest BCUT2D eigenvalue weighted by Crippen LogP contribution is -2.27.